The maximum Gasteiger partial charge on any atom is 0.137 e. The van der Waals surface area contributed by atoms with Crippen LogP contribution in [0.2, 0.25) is 0 Å². The van der Waals surface area contributed by atoms with Gasteiger partial charge in [0, 0.05) is 5.69 Å². The van der Waals surface area contributed by atoms with Crippen molar-refractivity contribution < 1.29 is 8.81 Å². The molecular weight excluding hydrogens is 285 g/mol. The van der Waals surface area contributed by atoms with Crippen molar-refractivity contribution in [2.75, 3.05) is 5.32 Å². The molecule has 0 saturated heterocycles. The molecule has 0 amide bonds. The number of hydrogen-bond acceptors (Lipinski definition) is 2. The minimum Gasteiger partial charge on any atom is -0.467 e. The number of nitrogens with one attached hydrogen (secondary N) is 1. The summed E-state index contributed by atoms with van der Waals surface area (Å²) in [5, 5.41) is 3.31. The van der Waals surface area contributed by atoms with Gasteiger partial charge in [0.15, 0.2) is 0 Å². The lowest BCUT2D eigenvalue weighted by molar-refractivity contribution is 0.474. The van der Waals surface area contributed by atoms with E-state index in [4.69, 9.17) is 4.42 Å². The Morgan fingerprint density at radius 3 is 2.82 bits per heavy atom. The van der Waals surface area contributed by atoms with E-state index in [9.17, 15) is 4.39 Å². The third-order valence-electron chi connectivity index (χ3n) is 2.56. The predicted octanol–water partition coefficient (Wildman–Crippen LogP) is 4.74. The number of furan rings is 1. The predicted molar refractivity (Wildman–Crippen MR) is 69.5 cm³/mol. The molecule has 1 atom stereocenters. The number of hydrogen-bond donors (Lipinski definition) is 1. The molecule has 0 bridgehead atoms. The molecule has 1 aromatic carbocycles. The van der Waals surface area contributed by atoms with Crippen LogP contribution >= 0.6 is 15.9 Å². The van der Waals surface area contributed by atoms with Crippen LogP contribution in [0.1, 0.15) is 25.1 Å². The Bertz CT molecular complexity index is 484. The van der Waals surface area contributed by atoms with Crippen molar-refractivity contribution in [2.24, 2.45) is 0 Å². The van der Waals surface area contributed by atoms with Crippen LogP contribution in [0.25, 0.3) is 0 Å². The van der Waals surface area contributed by atoms with Gasteiger partial charge in [0.2, 0.25) is 0 Å². The summed E-state index contributed by atoms with van der Waals surface area (Å²) in [4.78, 5) is 0. The molecule has 1 N–H and O–H groups in total. The fourth-order valence-corrected chi connectivity index (χ4v) is 2.03. The van der Waals surface area contributed by atoms with E-state index < -0.39 is 0 Å². The van der Waals surface area contributed by atoms with Crippen molar-refractivity contribution in [3.63, 3.8) is 0 Å². The Kier molecular flexibility index (Phi) is 3.84. The summed E-state index contributed by atoms with van der Waals surface area (Å²) in [6.07, 6.45) is 2.54. The quantitative estimate of drug-likeness (QED) is 0.881. The number of benzene rings is 1. The molecule has 1 aromatic heterocycles. The first-order chi connectivity index (χ1) is 8.20. The van der Waals surface area contributed by atoms with Crippen molar-refractivity contribution in [2.45, 2.75) is 19.4 Å². The van der Waals surface area contributed by atoms with Crippen molar-refractivity contribution >= 4 is 21.6 Å². The second-order valence-corrected chi connectivity index (χ2v) is 4.60. The van der Waals surface area contributed by atoms with Gasteiger partial charge in [-0.25, -0.2) is 4.39 Å². The largest absolute Gasteiger partial charge is 0.467 e. The van der Waals surface area contributed by atoms with Crippen molar-refractivity contribution in [1.29, 1.82) is 0 Å². The van der Waals surface area contributed by atoms with Crippen LogP contribution in [-0.4, -0.2) is 0 Å². The number of halogens is 2. The zero-order chi connectivity index (χ0) is 12.3. The zero-order valence-electron chi connectivity index (χ0n) is 9.41. The van der Waals surface area contributed by atoms with Gasteiger partial charge < -0.3 is 9.73 Å². The van der Waals surface area contributed by atoms with E-state index in [1.165, 1.54) is 6.07 Å². The first-order valence-corrected chi connectivity index (χ1v) is 6.25. The number of rotatable bonds is 4. The van der Waals surface area contributed by atoms with Gasteiger partial charge in [0.1, 0.15) is 11.6 Å². The molecule has 90 valence electrons. The zero-order valence-corrected chi connectivity index (χ0v) is 11.0. The summed E-state index contributed by atoms with van der Waals surface area (Å²) < 4.78 is 18.9. The molecule has 0 aliphatic carbocycles. The maximum absolute atomic E-state index is 13.1. The average molecular weight is 298 g/mol. The lowest BCUT2D eigenvalue weighted by Crippen LogP contribution is -2.08. The molecule has 4 heteroatoms. The van der Waals surface area contributed by atoms with Crippen molar-refractivity contribution in [3.8, 4) is 0 Å². The molecule has 2 nitrogen and oxygen atoms in total. The Labute approximate surface area is 108 Å². The summed E-state index contributed by atoms with van der Waals surface area (Å²) in [6.45, 7) is 2.07. The van der Waals surface area contributed by atoms with E-state index >= 15 is 0 Å². The van der Waals surface area contributed by atoms with Crippen LogP contribution in [0, 0.1) is 5.82 Å². The summed E-state index contributed by atoms with van der Waals surface area (Å²) >= 11 is 3.17. The average Bonchev–Trinajstić information content (AvgIpc) is 2.84. The van der Waals surface area contributed by atoms with E-state index in [2.05, 4.69) is 28.2 Å². The first kappa shape index (κ1) is 12.2. The molecule has 2 rings (SSSR count). The van der Waals surface area contributed by atoms with E-state index in [1.54, 1.807) is 18.4 Å². The summed E-state index contributed by atoms with van der Waals surface area (Å²) in [5.41, 5.74) is 0.863. The minimum absolute atomic E-state index is 0.0994. The van der Waals surface area contributed by atoms with Gasteiger partial charge in [-0.3, -0.25) is 0 Å². The summed E-state index contributed by atoms with van der Waals surface area (Å²) in [6, 6.07) is 8.76. The fourth-order valence-electron chi connectivity index (χ4n) is 1.65. The fraction of sp³-hybridized carbons (Fsp3) is 0.231. The highest BCUT2D eigenvalue weighted by atomic mass is 79.9. The second kappa shape index (κ2) is 5.36. The second-order valence-electron chi connectivity index (χ2n) is 3.75. The Morgan fingerprint density at radius 2 is 2.24 bits per heavy atom. The summed E-state index contributed by atoms with van der Waals surface area (Å²) in [7, 11) is 0. The lowest BCUT2D eigenvalue weighted by atomic mass is 10.1. The molecule has 0 aliphatic rings. The highest BCUT2D eigenvalue weighted by Crippen LogP contribution is 2.26. The SMILES string of the molecule is CCC(Nc1ccc(F)c(Br)c1)c1ccco1. The van der Waals surface area contributed by atoms with E-state index in [0.717, 1.165) is 17.9 Å². The van der Waals surface area contributed by atoms with Gasteiger partial charge in [-0.2, -0.15) is 0 Å². The highest BCUT2D eigenvalue weighted by molar-refractivity contribution is 9.10. The molecule has 0 aliphatic heterocycles. The molecule has 2 aromatic rings. The maximum atomic E-state index is 13.1. The standard InChI is InChI=1S/C13H13BrFNO/c1-2-12(13-4-3-7-17-13)16-9-5-6-11(15)10(14)8-9/h3-8,12,16H,2H2,1H3. The summed E-state index contributed by atoms with van der Waals surface area (Å²) in [5.74, 6) is 0.620. The molecule has 1 heterocycles. The van der Waals surface area contributed by atoms with Crippen molar-refractivity contribution in [1.82, 2.24) is 0 Å². The molecule has 0 spiro atoms. The van der Waals surface area contributed by atoms with Gasteiger partial charge in [-0.05, 0) is 52.7 Å². The monoisotopic (exact) mass is 297 g/mol. The molecule has 0 radical (unpaired) electrons. The molecule has 0 fully saturated rings. The first-order valence-electron chi connectivity index (χ1n) is 5.45. The van der Waals surface area contributed by atoms with E-state index in [1.807, 2.05) is 12.1 Å². The van der Waals surface area contributed by atoms with E-state index in [0.29, 0.717) is 4.47 Å². The molecular formula is C13H13BrFNO. The molecule has 0 saturated carbocycles. The van der Waals surface area contributed by atoms with Gasteiger partial charge in [0.25, 0.3) is 0 Å². The van der Waals surface area contributed by atoms with Crippen LogP contribution in [0.4, 0.5) is 10.1 Å². The third-order valence-corrected chi connectivity index (χ3v) is 3.16. The Hall–Kier alpha value is -1.29. The van der Waals surface area contributed by atoms with Gasteiger partial charge in [0.05, 0.1) is 16.8 Å². The molecule has 1 unspecified atom stereocenters. The Balaban J connectivity index is 2.16. The van der Waals surface area contributed by atoms with E-state index in [-0.39, 0.29) is 11.9 Å². The van der Waals surface area contributed by atoms with Gasteiger partial charge in [-0.15, -0.1) is 0 Å². The topological polar surface area (TPSA) is 25.2 Å². The lowest BCUT2D eigenvalue weighted by Gasteiger charge is -2.16. The van der Waals surface area contributed by atoms with Crippen LogP contribution in [0.3, 0.4) is 0 Å². The van der Waals surface area contributed by atoms with Crippen LogP contribution < -0.4 is 5.32 Å². The third kappa shape index (κ3) is 2.88. The van der Waals surface area contributed by atoms with Gasteiger partial charge >= 0.3 is 0 Å². The Morgan fingerprint density at radius 1 is 1.41 bits per heavy atom. The number of anilines is 1. The molecule has 17 heavy (non-hydrogen) atoms. The van der Waals surface area contributed by atoms with Crippen LogP contribution in [-0.2, 0) is 0 Å². The van der Waals surface area contributed by atoms with Crippen molar-refractivity contribution in [3.05, 3.63) is 52.6 Å². The van der Waals surface area contributed by atoms with Crippen LogP contribution in [0.15, 0.2) is 45.5 Å². The smallest absolute Gasteiger partial charge is 0.137 e. The van der Waals surface area contributed by atoms with Gasteiger partial charge in [-0.1, -0.05) is 6.92 Å². The van der Waals surface area contributed by atoms with Crippen LogP contribution in [0.5, 0.6) is 0 Å². The minimum atomic E-state index is -0.262. The normalized spacial score (nSPS) is 12.4. The highest BCUT2D eigenvalue weighted by Gasteiger charge is 2.12.